The van der Waals surface area contributed by atoms with Crippen LogP contribution in [0.5, 0.6) is 0 Å². The molecule has 0 unspecified atom stereocenters. The number of nitrogens with one attached hydrogen (secondary N) is 2. The Labute approximate surface area is 144 Å². The van der Waals surface area contributed by atoms with E-state index in [4.69, 9.17) is 5.11 Å². The molecule has 1 amide bonds. The van der Waals surface area contributed by atoms with Crippen LogP contribution in [0.15, 0.2) is 48.5 Å². The molecule has 0 saturated heterocycles. The van der Waals surface area contributed by atoms with Gasteiger partial charge in [0.25, 0.3) is 0 Å². The molecule has 2 aromatic carbocycles. The molecule has 130 valence electrons. The smallest absolute Gasteiger partial charge is 0.240 e. The van der Waals surface area contributed by atoms with Gasteiger partial charge in [0, 0.05) is 13.1 Å². The summed E-state index contributed by atoms with van der Waals surface area (Å²) in [5, 5.41) is 14.8. The molecular weight excluding hydrogens is 323 g/mol. The Kier molecular flexibility index (Phi) is 5.25. The van der Waals surface area contributed by atoms with Crippen LogP contribution in [-0.2, 0) is 17.9 Å². The second kappa shape index (κ2) is 7.76. The molecule has 1 aromatic heterocycles. The summed E-state index contributed by atoms with van der Waals surface area (Å²) < 4.78 is 14.7. The molecule has 3 aromatic rings. The zero-order valence-electron chi connectivity index (χ0n) is 13.6. The van der Waals surface area contributed by atoms with Gasteiger partial charge in [0.15, 0.2) is 0 Å². The topological polar surface area (TPSA) is 79.2 Å². The molecule has 0 spiro atoms. The fourth-order valence-corrected chi connectivity index (χ4v) is 2.54. The predicted molar refractivity (Wildman–Crippen MR) is 93.6 cm³/mol. The molecule has 0 saturated carbocycles. The van der Waals surface area contributed by atoms with Crippen molar-refractivity contribution in [3.05, 3.63) is 59.9 Å². The number of aromatic nitrogens is 2. The summed E-state index contributed by atoms with van der Waals surface area (Å²) in [6.07, 6.45) is 0. The molecule has 0 radical (unpaired) electrons. The lowest BCUT2D eigenvalue weighted by Gasteiger charge is -2.11. The Morgan fingerprint density at radius 2 is 1.92 bits per heavy atom. The van der Waals surface area contributed by atoms with Gasteiger partial charge in [0.1, 0.15) is 12.4 Å². The molecule has 0 atom stereocenters. The Hall–Kier alpha value is -2.93. The number of nitrogens with zero attached hydrogens (tertiary/aromatic N) is 2. The van der Waals surface area contributed by atoms with Crippen molar-refractivity contribution in [2.75, 3.05) is 18.5 Å². The van der Waals surface area contributed by atoms with Gasteiger partial charge in [-0.25, -0.2) is 9.37 Å². The molecule has 0 aliphatic heterocycles. The van der Waals surface area contributed by atoms with E-state index in [0.29, 0.717) is 19.0 Å². The lowest BCUT2D eigenvalue weighted by Crippen LogP contribution is -2.27. The second-order valence-corrected chi connectivity index (χ2v) is 5.56. The molecule has 0 fully saturated rings. The van der Waals surface area contributed by atoms with E-state index in [-0.39, 0.29) is 24.9 Å². The predicted octanol–water partition coefficient (Wildman–Crippen LogP) is 1.90. The van der Waals surface area contributed by atoms with Gasteiger partial charge in [-0.2, -0.15) is 0 Å². The lowest BCUT2D eigenvalue weighted by molar-refractivity contribution is -0.121. The first-order valence-corrected chi connectivity index (χ1v) is 7.98. The van der Waals surface area contributed by atoms with E-state index in [1.165, 1.54) is 12.1 Å². The van der Waals surface area contributed by atoms with Crippen LogP contribution < -0.4 is 10.6 Å². The van der Waals surface area contributed by atoms with Crippen LogP contribution in [0.2, 0.25) is 0 Å². The molecule has 6 nitrogen and oxygen atoms in total. The lowest BCUT2D eigenvalue weighted by atomic mass is 10.2. The van der Waals surface area contributed by atoms with Crippen molar-refractivity contribution < 1.29 is 14.3 Å². The molecule has 25 heavy (non-hydrogen) atoms. The minimum atomic E-state index is -0.306. The second-order valence-electron chi connectivity index (χ2n) is 5.56. The van der Waals surface area contributed by atoms with Crippen LogP contribution in [0, 0.1) is 5.82 Å². The number of halogens is 1. The van der Waals surface area contributed by atoms with Gasteiger partial charge >= 0.3 is 0 Å². The number of amides is 1. The Morgan fingerprint density at radius 1 is 1.16 bits per heavy atom. The number of fused-ring (bicyclic) bond motifs is 1. The number of carbonyl (C=O) groups is 1. The van der Waals surface area contributed by atoms with Crippen molar-refractivity contribution in [1.82, 2.24) is 14.9 Å². The third kappa shape index (κ3) is 4.13. The van der Waals surface area contributed by atoms with Crippen LogP contribution in [0.4, 0.5) is 10.3 Å². The number of rotatable bonds is 7. The number of carbonyl (C=O) groups excluding carboxylic acids is 1. The maximum Gasteiger partial charge on any atom is 0.240 e. The number of hydrogen-bond donors (Lipinski definition) is 3. The molecule has 3 rings (SSSR count). The largest absolute Gasteiger partial charge is 0.395 e. The normalized spacial score (nSPS) is 10.8. The highest BCUT2D eigenvalue weighted by molar-refractivity contribution is 5.83. The monoisotopic (exact) mass is 342 g/mol. The van der Waals surface area contributed by atoms with Gasteiger partial charge in [0.05, 0.1) is 17.6 Å². The van der Waals surface area contributed by atoms with Crippen LogP contribution in [0.1, 0.15) is 5.56 Å². The molecule has 3 N–H and O–H groups in total. The maximum absolute atomic E-state index is 12.9. The zero-order chi connectivity index (χ0) is 17.6. The average molecular weight is 342 g/mol. The van der Waals surface area contributed by atoms with Gasteiger partial charge in [-0.3, -0.25) is 4.79 Å². The molecule has 7 heteroatoms. The van der Waals surface area contributed by atoms with Crippen LogP contribution in [0.3, 0.4) is 0 Å². The van der Waals surface area contributed by atoms with E-state index in [1.807, 2.05) is 24.3 Å². The Morgan fingerprint density at radius 3 is 2.68 bits per heavy atom. The number of hydrogen-bond acceptors (Lipinski definition) is 4. The molecular formula is C18H19FN4O2. The minimum Gasteiger partial charge on any atom is -0.395 e. The standard InChI is InChI=1S/C18H19FN4O2/c19-14-7-5-13(6-8-14)11-21-17(25)12-23-16-4-2-1-3-15(16)22-18(23)20-9-10-24/h1-8,24H,9-12H2,(H,20,22)(H,21,25). The number of anilines is 1. The number of para-hydroxylation sites is 2. The average Bonchev–Trinajstić information content (AvgIpc) is 2.97. The van der Waals surface area contributed by atoms with Crippen LogP contribution in [0.25, 0.3) is 11.0 Å². The van der Waals surface area contributed by atoms with Crippen molar-refractivity contribution in [3.8, 4) is 0 Å². The molecule has 0 aliphatic carbocycles. The fourth-order valence-electron chi connectivity index (χ4n) is 2.54. The van der Waals surface area contributed by atoms with E-state index >= 15 is 0 Å². The number of aliphatic hydroxyl groups is 1. The van der Waals surface area contributed by atoms with Gasteiger partial charge < -0.3 is 20.3 Å². The van der Waals surface area contributed by atoms with E-state index < -0.39 is 0 Å². The highest BCUT2D eigenvalue weighted by Crippen LogP contribution is 2.19. The Balaban J connectivity index is 1.72. The van der Waals surface area contributed by atoms with Gasteiger partial charge in [-0.1, -0.05) is 24.3 Å². The summed E-state index contributed by atoms with van der Waals surface area (Å²) in [7, 11) is 0. The molecule has 1 heterocycles. The summed E-state index contributed by atoms with van der Waals surface area (Å²) in [6.45, 7) is 0.737. The number of benzene rings is 2. The summed E-state index contributed by atoms with van der Waals surface area (Å²) in [5.74, 6) is 0.0475. The first-order valence-electron chi connectivity index (χ1n) is 7.98. The van der Waals surface area contributed by atoms with Crippen molar-refractivity contribution in [1.29, 1.82) is 0 Å². The van der Waals surface area contributed by atoms with E-state index in [9.17, 15) is 9.18 Å². The van der Waals surface area contributed by atoms with Crippen molar-refractivity contribution in [2.24, 2.45) is 0 Å². The van der Waals surface area contributed by atoms with E-state index in [2.05, 4.69) is 15.6 Å². The highest BCUT2D eigenvalue weighted by Gasteiger charge is 2.13. The third-order valence-corrected chi connectivity index (χ3v) is 3.75. The highest BCUT2D eigenvalue weighted by atomic mass is 19.1. The van der Waals surface area contributed by atoms with Crippen molar-refractivity contribution >= 4 is 22.9 Å². The van der Waals surface area contributed by atoms with E-state index in [0.717, 1.165) is 16.6 Å². The zero-order valence-corrected chi connectivity index (χ0v) is 13.6. The quantitative estimate of drug-likeness (QED) is 0.613. The Bertz CT molecular complexity index is 861. The summed E-state index contributed by atoms with van der Waals surface area (Å²) >= 11 is 0. The molecule has 0 aliphatic rings. The van der Waals surface area contributed by atoms with Gasteiger partial charge in [-0.05, 0) is 29.8 Å². The number of imidazole rings is 1. The maximum atomic E-state index is 12.9. The fraction of sp³-hybridized carbons (Fsp3) is 0.222. The van der Waals surface area contributed by atoms with Crippen LogP contribution >= 0.6 is 0 Å². The summed E-state index contributed by atoms with van der Waals surface area (Å²) in [4.78, 5) is 16.8. The van der Waals surface area contributed by atoms with Crippen LogP contribution in [-0.4, -0.2) is 33.7 Å². The van der Waals surface area contributed by atoms with Gasteiger partial charge in [0.2, 0.25) is 11.9 Å². The van der Waals surface area contributed by atoms with Crippen molar-refractivity contribution in [2.45, 2.75) is 13.1 Å². The van der Waals surface area contributed by atoms with Crippen molar-refractivity contribution in [3.63, 3.8) is 0 Å². The molecule has 0 bridgehead atoms. The third-order valence-electron chi connectivity index (χ3n) is 3.75. The summed E-state index contributed by atoms with van der Waals surface area (Å²) in [6, 6.07) is 13.5. The SMILES string of the molecule is O=C(Cn1c(NCCO)nc2ccccc21)NCc1ccc(F)cc1. The number of aliphatic hydroxyl groups excluding tert-OH is 1. The first kappa shape index (κ1) is 16.9. The van der Waals surface area contributed by atoms with Gasteiger partial charge in [-0.15, -0.1) is 0 Å². The summed E-state index contributed by atoms with van der Waals surface area (Å²) in [5.41, 5.74) is 2.43. The minimum absolute atomic E-state index is 0.0278. The first-order chi connectivity index (χ1) is 12.2. The van der Waals surface area contributed by atoms with E-state index in [1.54, 1.807) is 16.7 Å².